The van der Waals surface area contributed by atoms with Gasteiger partial charge in [-0.2, -0.15) is 0 Å². The van der Waals surface area contributed by atoms with Crippen LogP contribution in [0.2, 0.25) is 0 Å². The lowest BCUT2D eigenvalue weighted by Gasteiger charge is -2.10. The number of aromatic nitrogens is 4. The number of benzene rings is 6. The third-order valence-corrected chi connectivity index (χ3v) is 8.87. The van der Waals surface area contributed by atoms with Crippen molar-refractivity contribution in [1.29, 1.82) is 0 Å². The van der Waals surface area contributed by atoms with E-state index in [0.717, 1.165) is 55.9 Å². The molecule has 5 heteroatoms. The molecule has 0 saturated heterocycles. The summed E-state index contributed by atoms with van der Waals surface area (Å²) in [6, 6.07) is 51.2. The normalized spacial score (nSPS) is 12.1. The van der Waals surface area contributed by atoms with E-state index in [0.29, 0.717) is 0 Å². The Morgan fingerprint density at radius 2 is 1.14 bits per heavy atom. The van der Waals surface area contributed by atoms with Gasteiger partial charge in [0, 0.05) is 21.8 Å². The van der Waals surface area contributed by atoms with E-state index < -0.39 is 0 Å². The first-order valence-electron chi connectivity index (χ1n) is 14.8. The van der Waals surface area contributed by atoms with E-state index >= 15 is 0 Å². The highest BCUT2D eigenvalue weighted by atomic mass is 16.3. The van der Waals surface area contributed by atoms with Gasteiger partial charge in [-0.15, -0.1) is 0 Å². The third kappa shape index (κ3) is 3.15. The second-order valence-electron chi connectivity index (χ2n) is 11.3. The van der Waals surface area contributed by atoms with Gasteiger partial charge in [0.2, 0.25) is 11.5 Å². The molecule has 0 aliphatic heterocycles. The molecular weight excluding hydrogens is 540 g/mol. The molecule has 0 bridgehead atoms. The summed E-state index contributed by atoms with van der Waals surface area (Å²) in [7, 11) is 0. The van der Waals surface area contributed by atoms with Gasteiger partial charge in [-0.1, -0.05) is 84.9 Å². The Morgan fingerprint density at radius 3 is 2.00 bits per heavy atom. The topological polar surface area (TPSA) is 40.3 Å². The first-order chi connectivity index (χ1) is 21.8. The number of para-hydroxylation sites is 4. The molecule has 5 nitrogen and oxygen atoms in total. The molecule has 0 radical (unpaired) electrons. The molecule has 0 unspecified atom stereocenters. The molecule has 6 aromatic carbocycles. The molecular formula is C39H24N4O. The standard InChI is InChI=1S/C39H24N4O/c1-2-10-25(11-3-1)26-18-20-27(21-19-26)41-33-15-7-4-12-29(33)31-24-28(22-23-34(31)41)42-38-37(30-13-5-9-17-36(30)44-38)43-35-16-8-6-14-32(35)40-39(42)43/h1-24H. The monoisotopic (exact) mass is 564 g/mol. The molecule has 4 heterocycles. The van der Waals surface area contributed by atoms with Crippen LogP contribution in [-0.2, 0) is 0 Å². The van der Waals surface area contributed by atoms with Gasteiger partial charge in [0.1, 0.15) is 11.1 Å². The number of hydrogen-bond donors (Lipinski definition) is 0. The largest absolute Gasteiger partial charge is 0.437 e. The molecule has 0 atom stereocenters. The SMILES string of the molecule is c1ccc(-c2ccc(-n3c4ccccc4c4cc(-n5c6oc7ccccc7c6n6c7ccccc7nc56)ccc43)cc2)cc1. The van der Waals surface area contributed by atoms with Gasteiger partial charge >= 0.3 is 0 Å². The van der Waals surface area contributed by atoms with Gasteiger partial charge in [-0.05, 0) is 71.8 Å². The van der Waals surface area contributed by atoms with E-state index in [1.807, 2.05) is 18.2 Å². The summed E-state index contributed by atoms with van der Waals surface area (Å²) in [6.45, 7) is 0. The van der Waals surface area contributed by atoms with Gasteiger partial charge in [0.05, 0.1) is 27.8 Å². The Morgan fingerprint density at radius 1 is 0.477 bits per heavy atom. The van der Waals surface area contributed by atoms with Crippen molar-refractivity contribution in [3.63, 3.8) is 0 Å². The fraction of sp³-hybridized carbons (Fsp3) is 0. The maximum Gasteiger partial charge on any atom is 0.232 e. The second-order valence-corrected chi connectivity index (χ2v) is 11.3. The van der Waals surface area contributed by atoms with E-state index in [2.05, 4.69) is 141 Å². The van der Waals surface area contributed by atoms with Gasteiger partial charge in [0.15, 0.2) is 0 Å². The van der Waals surface area contributed by atoms with E-state index in [4.69, 9.17) is 9.40 Å². The van der Waals surface area contributed by atoms with Crippen molar-refractivity contribution >= 4 is 60.8 Å². The van der Waals surface area contributed by atoms with Crippen LogP contribution in [0.15, 0.2) is 150 Å². The Kier molecular flexibility index (Phi) is 4.66. The van der Waals surface area contributed by atoms with Gasteiger partial charge < -0.3 is 8.98 Å². The molecule has 0 N–H and O–H groups in total. The molecule has 0 fully saturated rings. The van der Waals surface area contributed by atoms with Crippen LogP contribution in [0, 0.1) is 0 Å². The number of nitrogens with zero attached hydrogens (tertiary/aromatic N) is 4. The van der Waals surface area contributed by atoms with E-state index in [1.54, 1.807) is 0 Å². The highest BCUT2D eigenvalue weighted by molar-refractivity contribution is 6.11. The van der Waals surface area contributed by atoms with Crippen LogP contribution < -0.4 is 0 Å². The summed E-state index contributed by atoms with van der Waals surface area (Å²) in [5.41, 5.74) is 11.6. The Hall–Kier alpha value is -6.07. The highest BCUT2D eigenvalue weighted by Gasteiger charge is 2.23. The smallest absolute Gasteiger partial charge is 0.232 e. The van der Waals surface area contributed by atoms with Gasteiger partial charge in [-0.25, -0.2) is 9.55 Å². The summed E-state index contributed by atoms with van der Waals surface area (Å²) in [4.78, 5) is 5.10. The zero-order valence-electron chi connectivity index (χ0n) is 23.6. The van der Waals surface area contributed by atoms with Crippen LogP contribution >= 0.6 is 0 Å². The van der Waals surface area contributed by atoms with Crippen molar-refractivity contribution in [2.45, 2.75) is 0 Å². The van der Waals surface area contributed by atoms with Gasteiger partial charge in [-0.3, -0.25) is 4.40 Å². The third-order valence-electron chi connectivity index (χ3n) is 8.87. The molecule has 0 saturated carbocycles. The quantitative estimate of drug-likeness (QED) is 0.214. The van der Waals surface area contributed by atoms with E-state index in [1.165, 1.54) is 27.4 Å². The molecule has 4 aromatic heterocycles. The van der Waals surface area contributed by atoms with Crippen LogP contribution in [0.25, 0.3) is 83.3 Å². The second kappa shape index (κ2) is 8.72. The number of imidazole rings is 2. The Bertz CT molecular complexity index is 2620. The van der Waals surface area contributed by atoms with Crippen LogP contribution in [0.3, 0.4) is 0 Å². The lowest BCUT2D eigenvalue weighted by atomic mass is 10.1. The molecule has 10 rings (SSSR count). The zero-order chi connectivity index (χ0) is 28.8. The van der Waals surface area contributed by atoms with Crippen molar-refractivity contribution in [2.75, 3.05) is 0 Å². The fourth-order valence-electron chi connectivity index (χ4n) is 6.91. The maximum absolute atomic E-state index is 6.55. The van der Waals surface area contributed by atoms with Crippen LogP contribution in [0.1, 0.15) is 0 Å². The first kappa shape index (κ1) is 23.5. The summed E-state index contributed by atoms with van der Waals surface area (Å²) in [5, 5.41) is 3.46. The summed E-state index contributed by atoms with van der Waals surface area (Å²) < 4.78 is 13.3. The minimum Gasteiger partial charge on any atom is -0.437 e. The lowest BCUT2D eigenvalue weighted by molar-refractivity contribution is 0.645. The molecule has 0 aliphatic rings. The van der Waals surface area contributed by atoms with E-state index in [9.17, 15) is 0 Å². The van der Waals surface area contributed by atoms with Crippen molar-refractivity contribution in [1.82, 2.24) is 18.5 Å². The molecule has 44 heavy (non-hydrogen) atoms. The molecule has 0 spiro atoms. The summed E-state index contributed by atoms with van der Waals surface area (Å²) >= 11 is 0. The predicted octanol–water partition coefficient (Wildman–Crippen LogP) is 9.94. The summed E-state index contributed by atoms with van der Waals surface area (Å²) in [6.07, 6.45) is 0. The molecule has 0 aliphatic carbocycles. The highest BCUT2D eigenvalue weighted by Crippen LogP contribution is 2.38. The average molecular weight is 565 g/mol. The van der Waals surface area contributed by atoms with E-state index in [-0.39, 0.29) is 0 Å². The van der Waals surface area contributed by atoms with Crippen molar-refractivity contribution in [3.05, 3.63) is 146 Å². The first-order valence-corrected chi connectivity index (χ1v) is 14.8. The minimum atomic E-state index is 0.791. The maximum atomic E-state index is 6.55. The zero-order valence-corrected chi connectivity index (χ0v) is 23.6. The Labute approximate surface area is 251 Å². The summed E-state index contributed by atoms with van der Waals surface area (Å²) in [5.74, 6) is 0.838. The predicted molar refractivity (Wildman–Crippen MR) is 179 cm³/mol. The van der Waals surface area contributed by atoms with Crippen LogP contribution in [0.5, 0.6) is 0 Å². The number of fused-ring (bicyclic) bond motifs is 10. The van der Waals surface area contributed by atoms with Gasteiger partial charge in [0.25, 0.3) is 0 Å². The van der Waals surface area contributed by atoms with Crippen molar-refractivity contribution in [2.24, 2.45) is 0 Å². The number of furan rings is 1. The molecule has 0 amide bonds. The molecule has 206 valence electrons. The van der Waals surface area contributed by atoms with Crippen LogP contribution in [0.4, 0.5) is 0 Å². The Balaban J connectivity index is 1.24. The van der Waals surface area contributed by atoms with Crippen LogP contribution in [-0.4, -0.2) is 18.5 Å². The molecule has 10 aromatic rings. The lowest BCUT2D eigenvalue weighted by Crippen LogP contribution is -1.96. The average Bonchev–Trinajstić information content (AvgIpc) is 3.81. The van der Waals surface area contributed by atoms with Crippen molar-refractivity contribution in [3.8, 4) is 22.5 Å². The number of rotatable bonds is 3. The minimum absolute atomic E-state index is 0.791. The fourth-order valence-corrected chi connectivity index (χ4v) is 6.91. The number of hydrogen-bond acceptors (Lipinski definition) is 2. The van der Waals surface area contributed by atoms with Crippen molar-refractivity contribution < 1.29 is 4.42 Å².